The van der Waals surface area contributed by atoms with E-state index in [0.717, 1.165) is 0 Å². The first-order chi connectivity index (χ1) is 10.3. The normalized spacial score (nSPS) is 12.3. The topological polar surface area (TPSA) is 81.9 Å². The molecule has 8 heteroatoms. The minimum atomic E-state index is -3.43. The van der Waals surface area contributed by atoms with Crippen LogP contribution in [-0.4, -0.2) is 37.1 Å². The van der Waals surface area contributed by atoms with Gasteiger partial charge in [-0.2, -0.15) is 0 Å². The lowest BCUT2D eigenvalue weighted by molar-refractivity contribution is -0.384. The lowest BCUT2D eigenvalue weighted by Gasteiger charge is -2.25. The fourth-order valence-corrected chi connectivity index (χ4v) is 3.62. The summed E-state index contributed by atoms with van der Waals surface area (Å²) in [5.74, 6) is 0. The summed E-state index contributed by atoms with van der Waals surface area (Å²) in [7, 11) is 0.0472. The van der Waals surface area contributed by atoms with Gasteiger partial charge < -0.3 is 13.9 Å². The zero-order valence-electron chi connectivity index (χ0n) is 13.2. The molecule has 1 rings (SSSR count). The van der Waals surface area contributed by atoms with Gasteiger partial charge in [0.15, 0.2) is 0 Å². The number of non-ortho nitro benzene ring substituents is 1. The van der Waals surface area contributed by atoms with Gasteiger partial charge in [-0.05, 0) is 37.6 Å². The van der Waals surface area contributed by atoms with Gasteiger partial charge in [0.2, 0.25) is 0 Å². The Hall–Kier alpha value is -1.69. The highest BCUT2D eigenvalue weighted by Crippen LogP contribution is 2.57. The van der Waals surface area contributed by atoms with Gasteiger partial charge in [0, 0.05) is 26.2 Å². The summed E-state index contributed by atoms with van der Waals surface area (Å²) in [6.07, 6.45) is 1.65. The highest BCUT2D eigenvalue weighted by molar-refractivity contribution is 7.58. The van der Waals surface area contributed by atoms with Gasteiger partial charge in [-0.15, -0.1) is 0 Å². The van der Waals surface area contributed by atoms with Crippen molar-refractivity contribution in [2.45, 2.75) is 13.8 Å². The van der Waals surface area contributed by atoms with Crippen molar-refractivity contribution in [3.05, 3.63) is 45.4 Å². The maximum atomic E-state index is 12.9. The van der Waals surface area contributed by atoms with E-state index in [9.17, 15) is 14.7 Å². The van der Waals surface area contributed by atoms with Crippen LogP contribution >= 0.6 is 7.60 Å². The molecule has 0 atom stereocenters. The second-order valence-corrected chi connectivity index (χ2v) is 6.55. The van der Waals surface area contributed by atoms with Crippen LogP contribution in [0.1, 0.15) is 19.4 Å². The van der Waals surface area contributed by atoms with Crippen molar-refractivity contribution < 1.29 is 18.5 Å². The van der Waals surface area contributed by atoms with E-state index in [0.29, 0.717) is 11.0 Å². The smallest absolute Gasteiger partial charge is 0.371 e. The molecule has 122 valence electrons. The van der Waals surface area contributed by atoms with Gasteiger partial charge >= 0.3 is 7.60 Å². The second-order valence-electron chi connectivity index (χ2n) is 4.58. The average Bonchev–Trinajstić information content (AvgIpc) is 2.45. The van der Waals surface area contributed by atoms with E-state index in [1.807, 2.05) is 0 Å². The number of rotatable bonds is 8. The highest BCUT2D eigenvalue weighted by atomic mass is 31.2. The third-order valence-electron chi connectivity index (χ3n) is 2.74. The predicted molar refractivity (Wildman–Crippen MR) is 85.6 cm³/mol. The molecule has 0 aliphatic heterocycles. The van der Waals surface area contributed by atoms with E-state index in [2.05, 4.69) is 0 Å². The van der Waals surface area contributed by atoms with Crippen molar-refractivity contribution in [3.8, 4) is 0 Å². The van der Waals surface area contributed by atoms with Crippen LogP contribution in [0.2, 0.25) is 0 Å². The largest absolute Gasteiger partial charge is 0.377 e. The molecule has 22 heavy (non-hydrogen) atoms. The van der Waals surface area contributed by atoms with E-state index in [1.165, 1.54) is 12.1 Å². The summed E-state index contributed by atoms with van der Waals surface area (Å²) < 4.78 is 23.6. The van der Waals surface area contributed by atoms with Gasteiger partial charge in [-0.25, -0.2) is 0 Å². The number of benzene rings is 1. The highest BCUT2D eigenvalue weighted by Gasteiger charge is 2.31. The molecule has 0 amide bonds. The summed E-state index contributed by atoms with van der Waals surface area (Å²) in [5.41, 5.74) is 1.07. The molecular weight excluding hydrogens is 307 g/mol. The average molecular weight is 328 g/mol. The fourth-order valence-electron chi connectivity index (χ4n) is 1.80. The summed E-state index contributed by atoms with van der Waals surface area (Å²) in [6, 6.07) is 5.96. The molecule has 0 radical (unpaired) electrons. The van der Waals surface area contributed by atoms with Crippen LogP contribution in [-0.2, 0) is 13.6 Å². The Labute approximate surface area is 130 Å². The Balaban J connectivity index is 3.23. The van der Waals surface area contributed by atoms with Crippen molar-refractivity contribution >= 4 is 19.4 Å². The fraction of sp³-hybridized carbons (Fsp3) is 0.429. The molecule has 0 saturated heterocycles. The zero-order valence-corrected chi connectivity index (χ0v) is 14.1. The Kier molecular flexibility index (Phi) is 6.74. The molecule has 0 spiro atoms. The lowest BCUT2D eigenvalue weighted by atomic mass is 10.2. The van der Waals surface area contributed by atoms with Crippen molar-refractivity contribution in [3.63, 3.8) is 0 Å². The van der Waals surface area contributed by atoms with Crippen molar-refractivity contribution in [1.29, 1.82) is 0 Å². The monoisotopic (exact) mass is 328 g/mol. The number of hydrogen-bond acceptors (Lipinski definition) is 6. The van der Waals surface area contributed by atoms with E-state index in [1.54, 1.807) is 51.1 Å². The molecule has 0 N–H and O–H groups in total. The number of nitro groups is 1. The third-order valence-corrected chi connectivity index (χ3v) is 5.02. The van der Waals surface area contributed by atoms with Crippen LogP contribution in [0.5, 0.6) is 0 Å². The van der Waals surface area contributed by atoms with Crippen LogP contribution in [0.25, 0.3) is 6.08 Å². The Morgan fingerprint density at radius 1 is 1.23 bits per heavy atom. The van der Waals surface area contributed by atoms with Crippen LogP contribution in [0.4, 0.5) is 5.69 Å². The van der Waals surface area contributed by atoms with Crippen LogP contribution in [0.3, 0.4) is 0 Å². The van der Waals surface area contributed by atoms with Crippen molar-refractivity contribution in [2.75, 3.05) is 27.3 Å². The van der Waals surface area contributed by atoms with Gasteiger partial charge in [0.05, 0.1) is 18.1 Å². The van der Waals surface area contributed by atoms with Gasteiger partial charge in [-0.1, -0.05) is 0 Å². The third kappa shape index (κ3) is 4.66. The molecular formula is C14H21N2O5P. The zero-order chi connectivity index (χ0) is 16.8. The predicted octanol–water partition coefficient (Wildman–Crippen LogP) is 3.72. The number of nitro benzene ring substituents is 1. The molecule has 0 unspecified atom stereocenters. The van der Waals surface area contributed by atoms with E-state index in [4.69, 9.17) is 9.05 Å². The Morgan fingerprint density at radius 2 is 1.73 bits per heavy atom. The maximum absolute atomic E-state index is 12.9. The summed E-state index contributed by atoms with van der Waals surface area (Å²) in [6.45, 7) is 3.99. The van der Waals surface area contributed by atoms with Gasteiger partial charge in [0.1, 0.15) is 5.44 Å². The quantitative estimate of drug-likeness (QED) is 0.411. The molecule has 0 aromatic heterocycles. The van der Waals surface area contributed by atoms with Crippen LogP contribution in [0, 0.1) is 10.1 Å². The Bertz CT molecular complexity index is 573. The van der Waals surface area contributed by atoms with Crippen LogP contribution in [0.15, 0.2) is 29.7 Å². The molecule has 0 bridgehead atoms. The lowest BCUT2D eigenvalue weighted by Crippen LogP contribution is -2.14. The number of hydrogen-bond donors (Lipinski definition) is 0. The molecule has 0 aliphatic carbocycles. The summed E-state index contributed by atoms with van der Waals surface area (Å²) in [5, 5.41) is 10.7. The summed E-state index contributed by atoms with van der Waals surface area (Å²) >= 11 is 0. The molecule has 0 fully saturated rings. The first-order valence-corrected chi connectivity index (χ1v) is 8.41. The first-order valence-electron chi connectivity index (χ1n) is 6.87. The number of nitrogens with zero attached hydrogens (tertiary/aromatic N) is 2. The molecule has 0 heterocycles. The SMILES string of the molecule is CCOP(=O)(OCC)/C(=C/c1ccc([N+](=O)[O-])cc1)N(C)C. The standard InChI is InChI=1S/C14H21N2O5P/c1-5-20-22(19,21-6-2)14(15(3)4)11-12-7-9-13(10-8-12)16(17)18/h7-11H,5-6H2,1-4H3/b14-11+. The van der Waals surface area contributed by atoms with Gasteiger partial charge in [0.25, 0.3) is 5.69 Å². The van der Waals surface area contributed by atoms with Gasteiger partial charge in [-0.3, -0.25) is 14.7 Å². The molecule has 1 aromatic rings. The van der Waals surface area contributed by atoms with Crippen molar-refractivity contribution in [1.82, 2.24) is 4.90 Å². The Morgan fingerprint density at radius 3 is 2.09 bits per heavy atom. The second kappa shape index (κ2) is 8.08. The maximum Gasteiger partial charge on any atom is 0.377 e. The molecule has 0 saturated carbocycles. The first kappa shape index (κ1) is 18.4. The van der Waals surface area contributed by atoms with E-state index >= 15 is 0 Å². The molecule has 0 aliphatic rings. The minimum Gasteiger partial charge on any atom is -0.371 e. The van der Waals surface area contributed by atoms with E-state index in [-0.39, 0.29) is 18.9 Å². The molecule has 1 aromatic carbocycles. The molecule has 7 nitrogen and oxygen atoms in total. The summed E-state index contributed by atoms with van der Waals surface area (Å²) in [4.78, 5) is 11.9. The van der Waals surface area contributed by atoms with Crippen LogP contribution < -0.4 is 0 Å². The van der Waals surface area contributed by atoms with E-state index < -0.39 is 12.5 Å². The minimum absolute atomic E-state index is 0.00125. The van der Waals surface area contributed by atoms with Crippen molar-refractivity contribution in [2.24, 2.45) is 0 Å².